The zero-order valence-corrected chi connectivity index (χ0v) is 11.1. The number of nitrogens with two attached hydrogens (primary N) is 2. The smallest absolute Gasteiger partial charge is 0.332 e. The van der Waals surface area contributed by atoms with Gasteiger partial charge in [0.15, 0.2) is 0 Å². The fourth-order valence-corrected chi connectivity index (χ4v) is 1.98. The summed E-state index contributed by atoms with van der Waals surface area (Å²) >= 11 is 5.67. The van der Waals surface area contributed by atoms with E-state index in [9.17, 15) is 18.9 Å². The summed E-state index contributed by atoms with van der Waals surface area (Å²) < 4.78 is 27.1. The van der Waals surface area contributed by atoms with Crippen molar-refractivity contribution < 1.29 is 13.7 Å². The van der Waals surface area contributed by atoms with Crippen molar-refractivity contribution in [2.24, 2.45) is 0 Å². The van der Waals surface area contributed by atoms with Crippen molar-refractivity contribution >= 4 is 29.1 Å². The summed E-state index contributed by atoms with van der Waals surface area (Å²) in [6.07, 6.45) is -0.449. The Morgan fingerprint density at radius 1 is 1.24 bits per heavy atom. The number of benzene rings is 1. The van der Waals surface area contributed by atoms with Crippen molar-refractivity contribution in [1.82, 2.24) is 9.97 Å². The zero-order valence-electron chi connectivity index (χ0n) is 10.3. The van der Waals surface area contributed by atoms with Gasteiger partial charge in [0.1, 0.15) is 17.3 Å². The van der Waals surface area contributed by atoms with Crippen LogP contribution < -0.4 is 11.5 Å². The van der Waals surface area contributed by atoms with Gasteiger partial charge in [0.25, 0.3) is 0 Å². The van der Waals surface area contributed by atoms with E-state index in [0.717, 1.165) is 12.1 Å². The van der Waals surface area contributed by atoms with Gasteiger partial charge in [0.2, 0.25) is 11.8 Å². The Morgan fingerprint density at radius 2 is 1.86 bits per heavy atom. The molecule has 2 aromatic rings. The molecule has 4 N–H and O–H groups in total. The molecule has 0 unspecified atom stereocenters. The van der Waals surface area contributed by atoms with Crippen LogP contribution in [-0.4, -0.2) is 14.9 Å². The number of halogens is 3. The molecule has 0 radical (unpaired) electrons. The molecule has 0 saturated carbocycles. The summed E-state index contributed by atoms with van der Waals surface area (Å²) in [5.41, 5.74) is 9.62. The molecule has 1 heterocycles. The van der Waals surface area contributed by atoms with Crippen LogP contribution in [0.4, 0.5) is 26.2 Å². The van der Waals surface area contributed by atoms with E-state index in [1.165, 1.54) is 0 Å². The number of nitro groups is 1. The second-order valence-electron chi connectivity index (χ2n) is 4.02. The van der Waals surface area contributed by atoms with Crippen molar-refractivity contribution in [1.29, 1.82) is 0 Å². The molecule has 0 spiro atoms. The number of aromatic nitrogens is 2. The van der Waals surface area contributed by atoms with E-state index >= 15 is 0 Å². The number of hydrogen-bond donors (Lipinski definition) is 2. The average Bonchev–Trinajstić information content (AvgIpc) is 2.38. The lowest BCUT2D eigenvalue weighted by atomic mass is 10.1. The monoisotopic (exact) mass is 315 g/mol. The number of hydrogen-bond acceptors (Lipinski definition) is 6. The maximum Gasteiger partial charge on any atom is 0.332 e. The Labute approximate surface area is 121 Å². The number of nitrogen functional groups attached to an aromatic ring is 2. The van der Waals surface area contributed by atoms with Crippen LogP contribution in [0.15, 0.2) is 12.1 Å². The lowest BCUT2D eigenvalue weighted by Gasteiger charge is -2.08. The topological polar surface area (TPSA) is 121 Å². The molecule has 2 rings (SSSR count). The van der Waals surface area contributed by atoms with Crippen LogP contribution in [0.3, 0.4) is 0 Å². The molecule has 0 saturated heterocycles. The predicted octanol–water partition coefficient (Wildman–Crippen LogP) is 2.07. The van der Waals surface area contributed by atoms with E-state index in [-0.39, 0.29) is 17.2 Å². The van der Waals surface area contributed by atoms with E-state index in [4.69, 9.17) is 23.1 Å². The molecule has 0 aliphatic heterocycles. The van der Waals surface area contributed by atoms with Gasteiger partial charge in [0.05, 0.1) is 9.95 Å². The van der Waals surface area contributed by atoms with Crippen LogP contribution in [0, 0.1) is 21.7 Å². The number of rotatable bonds is 3. The summed E-state index contributed by atoms with van der Waals surface area (Å²) in [7, 11) is 0. The van der Waals surface area contributed by atoms with Gasteiger partial charge in [0, 0.05) is 12.0 Å². The molecule has 1 aromatic carbocycles. The Kier molecular flexibility index (Phi) is 3.85. The highest BCUT2D eigenvalue weighted by molar-refractivity contribution is 6.31. The summed E-state index contributed by atoms with van der Waals surface area (Å²) in [5, 5.41) is 10.5. The number of anilines is 2. The Morgan fingerprint density at radius 3 is 2.48 bits per heavy atom. The largest absolute Gasteiger partial charge is 0.378 e. The molecule has 0 atom stereocenters. The fourth-order valence-electron chi connectivity index (χ4n) is 1.76. The summed E-state index contributed by atoms with van der Waals surface area (Å²) in [4.78, 5) is 17.3. The van der Waals surface area contributed by atoms with Crippen molar-refractivity contribution in [3.8, 4) is 0 Å². The van der Waals surface area contributed by atoms with Crippen LogP contribution in [0.2, 0.25) is 5.02 Å². The van der Waals surface area contributed by atoms with E-state index in [2.05, 4.69) is 9.97 Å². The Hall–Kier alpha value is -2.55. The van der Waals surface area contributed by atoms with Crippen molar-refractivity contribution in [3.63, 3.8) is 0 Å². The normalized spacial score (nSPS) is 10.6. The first kappa shape index (κ1) is 14.9. The molecule has 21 heavy (non-hydrogen) atoms. The predicted molar refractivity (Wildman–Crippen MR) is 71.7 cm³/mol. The average molecular weight is 316 g/mol. The first-order chi connectivity index (χ1) is 9.81. The van der Waals surface area contributed by atoms with E-state index in [1.807, 2.05) is 0 Å². The maximum atomic E-state index is 13.7. The molecular formula is C11H8ClF2N5O2. The van der Waals surface area contributed by atoms with Gasteiger partial charge in [-0.1, -0.05) is 11.6 Å². The lowest BCUT2D eigenvalue weighted by Crippen LogP contribution is -2.10. The Balaban J connectivity index is 2.60. The second kappa shape index (κ2) is 5.44. The molecule has 0 fully saturated rings. The van der Waals surface area contributed by atoms with E-state index in [1.54, 1.807) is 0 Å². The highest BCUT2D eigenvalue weighted by Crippen LogP contribution is 2.30. The van der Waals surface area contributed by atoms with Crippen LogP contribution in [0.1, 0.15) is 11.3 Å². The quantitative estimate of drug-likeness (QED) is 0.508. The molecule has 110 valence electrons. The van der Waals surface area contributed by atoms with Crippen molar-refractivity contribution in [2.45, 2.75) is 6.42 Å². The molecule has 10 heteroatoms. The molecule has 0 bridgehead atoms. The van der Waals surface area contributed by atoms with Crippen LogP contribution >= 0.6 is 11.6 Å². The van der Waals surface area contributed by atoms with Gasteiger partial charge >= 0.3 is 5.69 Å². The first-order valence-electron chi connectivity index (χ1n) is 5.50. The van der Waals surface area contributed by atoms with E-state index in [0.29, 0.717) is 0 Å². The van der Waals surface area contributed by atoms with Gasteiger partial charge in [-0.2, -0.15) is 4.98 Å². The fraction of sp³-hybridized carbons (Fsp3) is 0.0909. The third-order valence-electron chi connectivity index (χ3n) is 2.67. The molecule has 1 aromatic heterocycles. The minimum absolute atomic E-state index is 0.253. The minimum atomic E-state index is -0.856. The SMILES string of the molecule is Nc1nc(N)c([N+](=O)[O-])c(Cc2c(F)ccc(F)c2Cl)n1. The highest BCUT2D eigenvalue weighted by atomic mass is 35.5. The van der Waals surface area contributed by atoms with Crippen LogP contribution in [-0.2, 0) is 6.42 Å². The van der Waals surface area contributed by atoms with Gasteiger partial charge < -0.3 is 11.5 Å². The van der Waals surface area contributed by atoms with Crippen LogP contribution in [0.5, 0.6) is 0 Å². The van der Waals surface area contributed by atoms with Crippen molar-refractivity contribution in [3.05, 3.63) is 50.2 Å². The van der Waals surface area contributed by atoms with Gasteiger partial charge in [-0.15, -0.1) is 0 Å². The molecule has 7 nitrogen and oxygen atoms in total. The molecule has 0 aliphatic carbocycles. The number of nitrogens with zero attached hydrogens (tertiary/aromatic N) is 3. The zero-order chi connectivity index (χ0) is 15.7. The Bertz CT molecular complexity index is 741. The minimum Gasteiger partial charge on any atom is -0.378 e. The van der Waals surface area contributed by atoms with E-state index < -0.39 is 39.5 Å². The first-order valence-corrected chi connectivity index (χ1v) is 5.87. The third-order valence-corrected chi connectivity index (χ3v) is 3.07. The molecule has 0 amide bonds. The standard InChI is InChI=1S/C11H8ClF2N5O2/c12-8-4(5(13)1-2-6(8)14)3-7-9(19(20)21)10(15)18-11(16)17-7/h1-2H,3H2,(H4,15,16,17,18). The maximum absolute atomic E-state index is 13.7. The van der Waals surface area contributed by atoms with Gasteiger partial charge in [-0.3, -0.25) is 10.1 Å². The van der Waals surface area contributed by atoms with Crippen molar-refractivity contribution in [2.75, 3.05) is 11.5 Å². The molecular weight excluding hydrogens is 308 g/mol. The second-order valence-corrected chi connectivity index (χ2v) is 4.40. The van der Waals surface area contributed by atoms with Crippen LogP contribution in [0.25, 0.3) is 0 Å². The lowest BCUT2D eigenvalue weighted by molar-refractivity contribution is -0.385. The van der Waals surface area contributed by atoms with Gasteiger partial charge in [-0.05, 0) is 12.1 Å². The molecule has 0 aliphatic rings. The van der Waals surface area contributed by atoms with Gasteiger partial charge in [-0.25, -0.2) is 13.8 Å². The summed E-state index contributed by atoms with van der Waals surface area (Å²) in [6.45, 7) is 0. The highest BCUT2D eigenvalue weighted by Gasteiger charge is 2.25. The summed E-state index contributed by atoms with van der Waals surface area (Å²) in [6, 6.07) is 1.70. The summed E-state index contributed by atoms with van der Waals surface area (Å²) in [5.74, 6) is -2.46. The third kappa shape index (κ3) is 2.82.